The Hall–Kier alpha value is 0.648. The third-order valence-corrected chi connectivity index (χ3v) is 1.88. The monoisotopic (exact) mass is 311 g/mol. The number of rotatable bonds is 0. The van der Waals surface area contributed by atoms with E-state index in [0.717, 1.165) is 5.92 Å². The van der Waals surface area contributed by atoms with Crippen molar-refractivity contribution in [2.45, 2.75) is 19.8 Å². The van der Waals surface area contributed by atoms with Crippen molar-refractivity contribution in [2.75, 3.05) is 13.1 Å². The molecule has 0 aromatic rings. The fourth-order valence-corrected chi connectivity index (χ4v) is 1.06. The van der Waals surface area contributed by atoms with Crippen molar-refractivity contribution in [3.63, 3.8) is 0 Å². The third kappa shape index (κ3) is 4.46. The molecule has 2 heteroatoms. The van der Waals surface area contributed by atoms with Gasteiger partial charge in [0.2, 0.25) is 0 Å². The van der Waals surface area contributed by atoms with Crippen LogP contribution >= 0.6 is 0 Å². The zero-order chi connectivity index (χ0) is 5.98. The van der Waals surface area contributed by atoms with Gasteiger partial charge in [-0.1, -0.05) is 6.92 Å². The number of piperidine rings is 1. The Morgan fingerprint density at radius 2 is 1.70 bits per heavy atom. The largest absolute Gasteiger partial charge is 2.00 e. The van der Waals surface area contributed by atoms with Crippen LogP contribution in [0.2, 0.25) is 0 Å². The van der Waals surface area contributed by atoms with Crippen LogP contribution in [0.25, 0.3) is 0 Å². The first-order valence-electron chi connectivity index (χ1n) is 3.34. The summed E-state index contributed by atoms with van der Waals surface area (Å²) >= 11 is 0. The van der Waals surface area contributed by atoms with Gasteiger partial charge in [-0.25, -0.2) is 0 Å². The molecule has 0 aliphatic carbocycles. The summed E-state index contributed by atoms with van der Waals surface area (Å²) in [5, 5.41) is 0. The van der Waals surface area contributed by atoms with Gasteiger partial charge >= 0.3 is 21.1 Å². The van der Waals surface area contributed by atoms with Crippen LogP contribution in [0.3, 0.4) is 0 Å². The Labute approximate surface area is 79.4 Å². The molecule has 0 atom stereocenters. The number of likely N-dealkylation sites (tertiary alicyclic amines) is 1. The summed E-state index contributed by atoms with van der Waals surface area (Å²) in [7, 11) is 3.87. The van der Waals surface area contributed by atoms with Gasteiger partial charge < -0.3 is 12.3 Å². The van der Waals surface area contributed by atoms with Gasteiger partial charge in [-0.05, 0) is 31.8 Å². The first-order valence-corrected chi connectivity index (χ1v) is 3.34. The molecule has 0 radical (unpaired) electrons. The standard InChI is InChI=1S/C7H14N.CH3.W/c1-7-3-5-8(2)6-4-7;;/h7H,2-6H2,1H3;1H3;/q2*-1;+2. The summed E-state index contributed by atoms with van der Waals surface area (Å²) in [5.74, 6) is 0.938. The summed E-state index contributed by atoms with van der Waals surface area (Å²) in [6, 6.07) is 0. The van der Waals surface area contributed by atoms with E-state index in [1.807, 2.05) is 0 Å². The molecule has 0 saturated carbocycles. The summed E-state index contributed by atoms with van der Waals surface area (Å²) in [6.45, 7) is 4.70. The molecular formula is C8H17NW. The summed E-state index contributed by atoms with van der Waals surface area (Å²) in [5.41, 5.74) is 0. The Bertz CT molecular complexity index is 57.7. The molecule has 1 nitrogen and oxygen atoms in total. The Kier molecular flexibility index (Phi) is 8.43. The van der Waals surface area contributed by atoms with Crippen LogP contribution in [0, 0.1) is 20.4 Å². The van der Waals surface area contributed by atoms with E-state index in [1.165, 1.54) is 25.9 Å². The quantitative estimate of drug-likeness (QED) is 0.618. The zero-order valence-electron chi connectivity index (χ0n) is 6.97. The molecule has 1 aliphatic rings. The second kappa shape index (κ2) is 6.36. The maximum atomic E-state index is 3.87. The van der Waals surface area contributed by atoms with E-state index in [1.54, 1.807) is 0 Å². The minimum absolute atomic E-state index is 0. The van der Waals surface area contributed by atoms with Crippen molar-refractivity contribution in [3.05, 3.63) is 14.5 Å². The molecule has 0 N–H and O–H groups in total. The van der Waals surface area contributed by atoms with Gasteiger partial charge in [-0.3, -0.25) is 7.05 Å². The fraction of sp³-hybridized carbons (Fsp3) is 0.750. The van der Waals surface area contributed by atoms with Gasteiger partial charge in [0.25, 0.3) is 0 Å². The summed E-state index contributed by atoms with van der Waals surface area (Å²) < 4.78 is 0. The molecule has 1 saturated heterocycles. The van der Waals surface area contributed by atoms with Gasteiger partial charge in [0.05, 0.1) is 0 Å². The van der Waals surface area contributed by atoms with Gasteiger partial charge in [-0.15, -0.1) is 0 Å². The van der Waals surface area contributed by atoms with Crippen molar-refractivity contribution in [2.24, 2.45) is 5.92 Å². The third-order valence-electron chi connectivity index (χ3n) is 1.88. The molecule has 60 valence electrons. The van der Waals surface area contributed by atoms with Crippen LogP contribution < -0.4 is 0 Å². The molecule has 0 bridgehead atoms. The Balaban J connectivity index is 0. The van der Waals surface area contributed by atoms with Crippen molar-refractivity contribution >= 4 is 0 Å². The fourth-order valence-electron chi connectivity index (χ4n) is 1.06. The normalized spacial score (nSPS) is 21.0. The van der Waals surface area contributed by atoms with Gasteiger partial charge in [-0.2, -0.15) is 0 Å². The topological polar surface area (TPSA) is 3.24 Å². The first-order chi connectivity index (χ1) is 3.79. The van der Waals surface area contributed by atoms with Crippen LogP contribution in [-0.4, -0.2) is 18.0 Å². The molecule has 0 amide bonds. The maximum absolute atomic E-state index is 3.87. The van der Waals surface area contributed by atoms with Crippen LogP contribution in [0.1, 0.15) is 19.8 Å². The van der Waals surface area contributed by atoms with E-state index in [9.17, 15) is 0 Å². The van der Waals surface area contributed by atoms with Crippen molar-refractivity contribution in [1.29, 1.82) is 0 Å². The van der Waals surface area contributed by atoms with E-state index in [-0.39, 0.29) is 28.5 Å². The minimum Gasteiger partial charge on any atom is -0.459 e. The molecule has 0 spiro atoms. The van der Waals surface area contributed by atoms with Gasteiger partial charge in [0, 0.05) is 0 Å². The van der Waals surface area contributed by atoms with E-state index < -0.39 is 0 Å². The van der Waals surface area contributed by atoms with Gasteiger partial charge in [0.15, 0.2) is 0 Å². The predicted octanol–water partition coefficient (Wildman–Crippen LogP) is 1.96. The van der Waals surface area contributed by atoms with Crippen molar-refractivity contribution in [1.82, 2.24) is 4.90 Å². The number of hydrogen-bond acceptors (Lipinski definition) is 1. The van der Waals surface area contributed by atoms with E-state index in [4.69, 9.17) is 0 Å². The molecule has 1 rings (SSSR count). The molecule has 0 unspecified atom stereocenters. The smallest absolute Gasteiger partial charge is 0.459 e. The van der Waals surface area contributed by atoms with Crippen molar-refractivity contribution < 1.29 is 21.1 Å². The van der Waals surface area contributed by atoms with E-state index in [2.05, 4.69) is 18.9 Å². The minimum atomic E-state index is 0. The molecule has 1 aliphatic heterocycles. The maximum Gasteiger partial charge on any atom is 2.00 e. The number of nitrogens with zero attached hydrogens (tertiary/aromatic N) is 1. The van der Waals surface area contributed by atoms with Crippen LogP contribution in [-0.2, 0) is 21.1 Å². The zero-order valence-corrected chi connectivity index (χ0v) is 9.90. The van der Waals surface area contributed by atoms with E-state index >= 15 is 0 Å². The molecular weight excluding hydrogens is 294 g/mol. The Morgan fingerprint density at radius 3 is 2.00 bits per heavy atom. The molecule has 1 heterocycles. The molecule has 1 fully saturated rings. The first kappa shape index (κ1) is 13.3. The van der Waals surface area contributed by atoms with Crippen molar-refractivity contribution in [3.8, 4) is 0 Å². The SMILES string of the molecule is [CH2-]N1CCC(C)CC1.[CH3-].[W+2]. The summed E-state index contributed by atoms with van der Waals surface area (Å²) in [6.07, 6.45) is 2.67. The van der Waals surface area contributed by atoms with E-state index in [0.29, 0.717) is 0 Å². The number of hydrogen-bond donors (Lipinski definition) is 0. The molecule has 10 heavy (non-hydrogen) atoms. The average molecular weight is 311 g/mol. The second-order valence-corrected chi connectivity index (χ2v) is 2.80. The molecule has 0 aromatic heterocycles. The second-order valence-electron chi connectivity index (χ2n) is 2.80. The average Bonchev–Trinajstić information content (AvgIpc) is 1.77. The van der Waals surface area contributed by atoms with Gasteiger partial charge in [0.1, 0.15) is 0 Å². The Morgan fingerprint density at radius 1 is 1.30 bits per heavy atom. The molecule has 0 aromatic carbocycles. The predicted molar refractivity (Wildman–Crippen MR) is 41.7 cm³/mol. The van der Waals surface area contributed by atoms with Crippen LogP contribution in [0.4, 0.5) is 0 Å². The van der Waals surface area contributed by atoms with Crippen LogP contribution in [0.5, 0.6) is 0 Å². The summed E-state index contributed by atoms with van der Waals surface area (Å²) in [4.78, 5) is 2.15. The van der Waals surface area contributed by atoms with Crippen LogP contribution in [0.15, 0.2) is 0 Å².